The molecule has 2 aromatic carbocycles. The van der Waals surface area contributed by atoms with Crippen LogP contribution in [0.25, 0.3) is 6.08 Å². The normalized spacial score (nSPS) is 17.9. The Hall–Kier alpha value is -2.96. The summed E-state index contributed by atoms with van der Waals surface area (Å²) in [7, 11) is 0. The van der Waals surface area contributed by atoms with Gasteiger partial charge in [0.15, 0.2) is 10.6 Å². The third kappa shape index (κ3) is 4.05. The van der Waals surface area contributed by atoms with Gasteiger partial charge in [-0.05, 0) is 68.2 Å². The van der Waals surface area contributed by atoms with Gasteiger partial charge in [-0.15, -0.1) is 0 Å². The summed E-state index contributed by atoms with van der Waals surface area (Å²) in [5.41, 5.74) is 4.34. The first-order valence-electron chi connectivity index (χ1n) is 11.7. The van der Waals surface area contributed by atoms with E-state index in [0.29, 0.717) is 26.4 Å². The Morgan fingerprint density at radius 2 is 1.76 bits per heavy atom. The van der Waals surface area contributed by atoms with Crippen molar-refractivity contribution < 1.29 is 4.79 Å². The first-order chi connectivity index (χ1) is 16.5. The van der Waals surface area contributed by atoms with E-state index in [0.717, 1.165) is 48.4 Å². The third-order valence-corrected chi connectivity index (χ3v) is 7.77. The van der Waals surface area contributed by atoms with E-state index in [1.54, 1.807) is 16.7 Å². The predicted octanol–water partition coefficient (Wildman–Crippen LogP) is 4.47. The molecule has 1 atom stereocenters. The highest BCUT2D eigenvalue weighted by atomic mass is 35.5. The van der Waals surface area contributed by atoms with Gasteiger partial charge >= 0.3 is 0 Å². The predicted molar refractivity (Wildman–Crippen MR) is 138 cm³/mol. The maximum Gasteiger partial charge on any atom is 0.271 e. The number of nitrogens with zero attached hydrogens (tertiary/aromatic N) is 3. The molecule has 0 saturated heterocycles. The molecule has 1 aromatic heterocycles. The molecule has 2 aliphatic rings. The molecule has 0 spiro atoms. The van der Waals surface area contributed by atoms with Crippen molar-refractivity contribution in [2.45, 2.75) is 39.2 Å². The molecule has 0 amide bonds. The number of thiazole rings is 1. The zero-order chi connectivity index (χ0) is 23.8. The summed E-state index contributed by atoms with van der Waals surface area (Å²) in [5, 5.41) is 0.619. The topological polar surface area (TPSA) is 54.7 Å². The van der Waals surface area contributed by atoms with E-state index in [1.165, 1.54) is 11.3 Å². The summed E-state index contributed by atoms with van der Waals surface area (Å²) >= 11 is 7.50. The molecule has 1 aliphatic heterocycles. The number of halogens is 1. The zero-order valence-electron chi connectivity index (χ0n) is 19.3. The Kier molecular flexibility index (Phi) is 6.28. The average molecular weight is 492 g/mol. The Balaban J connectivity index is 1.64. The van der Waals surface area contributed by atoms with E-state index < -0.39 is 6.04 Å². The molecular formula is C27H26ClN3O2S. The molecule has 0 N–H and O–H groups in total. The van der Waals surface area contributed by atoms with E-state index >= 15 is 0 Å². The molecule has 3 aromatic rings. The number of Topliss-reactive ketones (excluding diaryl/α,β-unsaturated/α-hetero) is 1. The van der Waals surface area contributed by atoms with Crippen LogP contribution in [0, 0.1) is 0 Å². The van der Waals surface area contributed by atoms with Gasteiger partial charge in [0.05, 0.1) is 16.3 Å². The molecule has 0 fully saturated rings. The molecule has 174 valence electrons. The highest BCUT2D eigenvalue weighted by molar-refractivity contribution is 7.07. The number of ketones is 1. The Bertz CT molecular complexity index is 1450. The fourth-order valence-corrected chi connectivity index (χ4v) is 5.94. The monoisotopic (exact) mass is 491 g/mol. The van der Waals surface area contributed by atoms with E-state index in [1.807, 2.05) is 30.3 Å². The van der Waals surface area contributed by atoms with Crippen LogP contribution in [-0.2, 0) is 4.79 Å². The maximum absolute atomic E-state index is 13.6. The number of fused-ring (bicyclic) bond motifs is 1. The summed E-state index contributed by atoms with van der Waals surface area (Å²) in [6.07, 6.45) is 3.95. The second-order valence-electron chi connectivity index (χ2n) is 8.54. The Labute approximate surface area is 207 Å². The molecule has 5 rings (SSSR count). The van der Waals surface area contributed by atoms with E-state index in [9.17, 15) is 9.59 Å². The number of rotatable bonds is 5. The van der Waals surface area contributed by atoms with Gasteiger partial charge in [-0.1, -0.05) is 47.2 Å². The lowest BCUT2D eigenvalue weighted by atomic mass is 9.86. The van der Waals surface area contributed by atoms with Crippen molar-refractivity contribution in [3.05, 3.63) is 95.6 Å². The van der Waals surface area contributed by atoms with Crippen LogP contribution in [-0.4, -0.2) is 23.4 Å². The fourth-order valence-electron chi connectivity index (χ4n) is 4.79. The number of hydrogen-bond donors (Lipinski definition) is 0. The maximum atomic E-state index is 13.6. The third-order valence-electron chi connectivity index (χ3n) is 6.53. The average Bonchev–Trinajstić information content (AvgIpc) is 3.15. The SMILES string of the molecule is CCN(CC)c1ccc(C=c2sc3n(c2=O)C(c2ccc(Cl)cc2)C2=C(CCCC2=O)N=3)cc1. The Morgan fingerprint density at radius 1 is 1.06 bits per heavy atom. The smallest absolute Gasteiger partial charge is 0.271 e. The van der Waals surface area contributed by atoms with Crippen LogP contribution in [0.3, 0.4) is 0 Å². The number of aromatic nitrogens is 1. The molecular weight excluding hydrogens is 466 g/mol. The largest absolute Gasteiger partial charge is 0.372 e. The van der Waals surface area contributed by atoms with Crippen molar-refractivity contribution in [2.75, 3.05) is 18.0 Å². The van der Waals surface area contributed by atoms with Gasteiger partial charge in [-0.25, -0.2) is 4.99 Å². The van der Waals surface area contributed by atoms with Gasteiger partial charge in [0, 0.05) is 35.8 Å². The molecule has 0 saturated carbocycles. The molecule has 5 nitrogen and oxygen atoms in total. The lowest BCUT2D eigenvalue weighted by molar-refractivity contribution is -0.116. The molecule has 2 heterocycles. The van der Waals surface area contributed by atoms with E-state index in [2.05, 4.69) is 30.9 Å². The van der Waals surface area contributed by atoms with Crippen LogP contribution >= 0.6 is 22.9 Å². The van der Waals surface area contributed by atoms with Crippen LogP contribution in [0.1, 0.15) is 50.3 Å². The minimum absolute atomic E-state index is 0.0752. The minimum Gasteiger partial charge on any atom is -0.372 e. The number of benzene rings is 2. The minimum atomic E-state index is -0.469. The first-order valence-corrected chi connectivity index (χ1v) is 12.9. The molecule has 1 unspecified atom stereocenters. The van der Waals surface area contributed by atoms with Crippen molar-refractivity contribution in [1.29, 1.82) is 0 Å². The Morgan fingerprint density at radius 3 is 2.44 bits per heavy atom. The van der Waals surface area contributed by atoms with Gasteiger partial charge in [-0.3, -0.25) is 14.2 Å². The van der Waals surface area contributed by atoms with Gasteiger partial charge in [0.2, 0.25) is 0 Å². The standard InChI is InChI=1S/C27H26ClN3O2S/c1-3-30(4-2)20-14-8-17(9-15-20)16-23-26(33)31-25(18-10-12-19(28)13-11-18)24-21(29-27(31)34-23)6-5-7-22(24)32/h8-16,25H,3-7H2,1-2H3. The van der Waals surface area contributed by atoms with Gasteiger partial charge in [-0.2, -0.15) is 0 Å². The van der Waals surface area contributed by atoms with Crippen molar-refractivity contribution in [3.63, 3.8) is 0 Å². The van der Waals surface area contributed by atoms with Crippen LogP contribution in [0.2, 0.25) is 5.02 Å². The number of carbonyl (C=O) groups excluding carboxylic acids is 1. The summed E-state index contributed by atoms with van der Waals surface area (Å²) < 4.78 is 2.30. The molecule has 7 heteroatoms. The molecule has 1 aliphatic carbocycles. The number of hydrogen-bond acceptors (Lipinski definition) is 5. The summed E-state index contributed by atoms with van der Waals surface area (Å²) in [6.45, 7) is 6.17. The summed E-state index contributed by atoms with van der Waals surface area (Å²) in [6, 6.07) is 15.2. The van der Waals surface area contributed by atoms with Crippen molar-refractivity contribution in [1.82, 2.24) is 4.57 Å². The van der Waals surface area contributed by atoms with Crippen LogP contribution in [0.5, 0.6) is 0 Å². The summed E-state index contributed by atoms with van der Waals surface area (Å²) in [5.74, 6) is 0.0752. The second kappa shape index (κ2) is 9.35. The quantitative estimate of drug-likeness (QED) is 0.529. The van der Waals surface area contributed by atoms with E-state index in [-0.39, 0.29) is 11.3 Å². The lowest BCUT2D eigenvalue weighted by Gasteiger charge is -2.28. The first kappa shape index (κ1) is 22.8. The van der Waals surface area contributed by atoms with E-state index in [4.69, 9.17) is 16.6 Å². The highest BCUT2D eigenvalue weighted by Crippen LogP contribution is 2.36. The molecule has 34 heavy (non-hydrogen) atoms. The van der Waals surface area contributed by atoms with Crippen LogP contribution < -0.4 is 19.8 Å². The van der Waals surface area contributed by atoms with Crippen molar-refractivity contribution in [2.24, 2.45) is 4.99 Å². The van der Waals surface area contributed by atoms with Crippen molar-refractivity contribution in [3.8, 4) is 0 Å². The van der Waals surface area contributed by atoms with Crippen LogP contribution in [0.4, 0.5) is 5.69 Å². The zero-order valence-corrected chi connectivity index (χ0v) is 20.8. The van der Waals surface area contributed by atoms with Crippen LogP contribution in [0.15, 0.2) is 69.6 Å². The highest BCUT2D eigenvalue weighted by Gasteiger charge is 2.34. The van der Waals surface area contributed by atoms with Crippen molar-refractivity contribution >= 4 is 40.5 Å². The van der Waals surface area contributed by atoms with Gasteiger partial charge in [0.1, 0.15) is 0 Å². The number of allylic oxidation sites excluding steroid dienone is 2. The number of carbonyl (C=O) groups is 1. The van der Waals surface area contributed by atoms with Gasteiger partial charge in [0.25, 0.3) is 5.56 Å². The second-order valence-corrected chi connectivity index (χ2v) is 9.98. The fraction of sp³-hybridized carbons (Fsp3) is 0.296. The molecule has 0 radical (unpaired) electrons. The molecule has 0 bridgehead atoms. The van der Waals surface area contributed by atoms with Gasteiger partial charge < -0.3 is 4.90 Å². The number of anilines is 1. The lowest BCUT2D eigenvalue weighted by Crippen LogP contribution is -2.40. The summed E-state index contributed by atoms with van der Waals surface area (Å²) in [4.78, 5) is 34.3.